The van der Waals surface area contributed by atoms with Crippen LogP contribution in [0.2, 0.25) is 10.0 Å². The largest absolute Gasteiger partial charge is 0.494 e. The Bertz CT molecular complexity index is 634. The monoisotopic (exact) mass is 327 g/mol. The number of halogens is 3. The molecule has 0 heterocycles. The lowest BCUT2D eigenvalue weighted by molar-refractivity contribution is 0.383. The van der Waals surface area contributed by atoms with E-state index in [1.54, 1.807) is 30.3 Å². The lowest BCUT2D eigenvalue weighted by Gasteiger charge is -2.18. The molecular formula is C16H16Cl2FNO. The fraction of sp³-hybridized carbons (Fsp3) is 0.250. The SMILES string of the molecule is CNC(Cc1cccc(OC)c1F)c1ccc(Cl)c(Cl)c1. The second-order valence-electron chi connectivity index (χ2n) is 4.65. The van der Waals surface area contributed by atoms with E-state index < -0.39 is 0 Å². The first-order chi connectivity index (χ1) is 10.1. The number of ether oxygens (including phenoxy) is 1. The zero-order chi connectivity index (χ0) is 15.4. The van der Waals surface area contributed by atoms with E-state index in [2.05, 4.69) is 5.32 Å². The van der Waals surface area contributed by atoms with Crippen molar-refractivity contribution in [3.8, 4) is 5.75 Å². The van der Waals surface area contributed by atoms with Gasteiger partial charge in [-0.1, -0.05) is 41.4 Å². The van der Waals surface area contributed by atoms with Gasteiger partial charge in [0.15, 0.2) is 11.6 Å². The summed E-state index contributed by atoms with van der Waals surface area (Å²) in [7, 11) is 3.28. The van der Waals surface area contributed by atoms with E-state index in [1.807, 2.05) is 13.1 Å². The molecule has 2 aromatic rings. The highest BCUT2D eigenvalue weighted by Gasteiger charge is 2.16. The smallest absolute Gasteiger partial charge is 0.168 e. The first kappa shape index (κ1) is 16.1. The van der Waals surface area contributed by atoms with E-state index >= 15 is 0 Å². The first-order valence-electron chi connectivity index (χ1n) is 6.50. The zero-order valence-corrected chi connectivity index (χ0v) is 13.3. The standard InChI is InChI=1S/C16H16Cl2FNO/c1-20-14(10-6-7-12(17)13(18)8-10)9-11-4-3-5-15(21-2)16(11)19/h3-8,14,20H,9H2,1-2H3. The molecule has 2 nitrogen and oxygen atoms in total. The molecule has 0 aliphatic carbocycles. The van der Waals surface area contributed by atoms with Crippen LogP contribution >= 0.6 is 23.2 Å². The molecular weight excluding hydrogens is 312 g/mol. The van der Waals surface area contributed by atoms with Crippen LogP contribution in [0.25, 0.3) is 0 Å². The molecule has 0 aliphatic rings. The summed E-state index contributed by atoms with van der Waals surface area (Å²) < 4.78 is 19.2. The number of likely N-dealkylation sites (N-methyl/N-ethyl adjacent to an activating group) is 1. The van der Waals surface area contributed by atoms with Crippen LogP contribution in [0.15, 0.2) is 36.4 Å². The van der Waals surface area contributed by atoms with Crippen LogP contribution in [0, 0.1) is 5.82 Å². The van der Waals surface area contributed by atoms with E-state index in [1.165, 1.54) is 7.11 Å². The number of benzene rings is 2. The summed E-state index contributed by atoms with van der Waals surface area (Å²) in [4.78, 5) is 0. The maximum absolute atomic E-state index is 14.2. The van der Waals surface area contributed by atoms with Gasteiger partial charge in [-0.15, -0.1) is 0 Å². The van der Waals surface area contributed by atoms with Crippen molar-refractivity contribution in [1.29, 1.82) is 0 Å². The van der Waals surface area contributed by atoms with Crippen LogP contribution in [0.1, 0.15) is 17.2 Å². The van der Waals surface area contributed by atoms with Crippen LogP contribution < -0.4 is 10.1 Å². The highest BCUT2D eigenvalue weighted by Crippen LogP contribution is 2.29. The van der Waals surface area contributed by atoms with Gasteiger partial charge in [-0.3, -0.25) is 0 Å². The van der Waals surface area contributed by atoms with Crippen molar-refractivity contribution in [3.63, 3.8) is 0 Å². The van der Waals surface area contributed by atoms with E-state index in [4.69, 9.17) is 27.9 Å². The van der Waals surface area contributed by atoms with Crippen molar-refractivity contribution in [2.24, 2.45) is 0 Å². The van der Waals surface area contributed by atoms with E-state index in [9.17, 15) is 4.39 Å². The van der Waals surface area contributed by atoms with Gasteiger partial charge in [-0.05, 0) is 42.8 Å². The Labute approximate surface area is 133 Å². The summed E-state index contributed by atoms with van der Waals surface area (Å²) in [5, 5.41) is 4.16. The van der Waals surface area contributed by atoms with Crippen molar-refractivity contribution in [2.75, 3.05) is 14.2 Å². The summed E-state index contributed by atoms with van der Waals surface area (Å²) in [6, 6.07) is 10.5. The Morgan fingerprint density at radius 1 is 1.19 bits per heavy atom. The predicted octanol–water partition coefficient (Wildman–Crippen LogP) is 4.64. The fourth-order valence-electron chi connectivity index (χ4n) is 2.21. The third-order valence-electron chi connectivity index (χ3n) is 3.38. The minimum Gasteiger partial charge on any atom is -0.494 e. The van der Waals surface area contributed by atoms with Crippen LogP contribution in [0.4, 0.5) is 4.39 Å². The summed E-state index contributed by atoms with van der Waals surface area (Å²) in [5.41, 5.74) is 1.54. The lowest BCUT2D eigenvalue weighted by atomic mass is 9.98. The minimum absolute atomic E-state index is 0.0682. The van der Waals surface area contributed by atoms with Crippen LogP contribution in [0.3, 0.4) is 0 Å². The third-order valence-corrected chi connectivity index (χ3v) is 4.12. The lowest BCUT2D eigenvalue weighted by Crippen LogP contribution is -2.19. The molecule has 5 heteroatoms. The van der Waals surface area contributed by atoms with Crippen molar-refractivity contribution in [3.05, 3.63) is 63.4 Å². The van der Waals surface area contributed by atoms with Gasteiger partial charge in [0.2, 0.25) is 0 Å². The second kappa shape index (κ2) is 7.12. The average Bonchev–Trinajstić information content (AvgIpc) is 2.49. The fourth-order valence-corrected chi connectivity index (χ4v) is 2.51. The Hall–Kier alpha value is -1.29. The van der Waals surface area contributed by atoms with Crippen molar-refractivity contribution < 1.29 is 9.13 Å². The van der Waals surface area contributed by atoms with Gasteiger partial charge >= 0.3 is 0 Å². The molecule has 0 fully saturated rings. The number of rotatable bonds is 5. The van der Waals surface area contributed by atoms with E-state index in [0.717, 1.165) is 5.56 Å². The number of methoxy groups -OCH3 is 1. The molecule has 21 heavy (non-hydrogen) atoms. The molecule has 2 aromatic carbocycles. The quantitative estimate of drug-likeness (QED) is 0.863. The Morgan fingerprint density at radius 2 is 1.95 bits per heavy atom. The van der Waals surface area contributed by atoms with Crippen molar-refractivity contribution in [1.82, 2.24) is 5.32 Å². The van der Waals surface area contributed by atoms with Crippen molar-refractivity contribution in [2.45, 2.75) is 12.5 Å². The van der Waals surface area contributed by atoms with Gasteiger partial charge < -0.3 is 10.1 Å². The van der Waals surface area contributed by atoms with Crippen LogP contribution in [-0.2, 0) is 6.42 Å². The van der Waals surface area contributed by atoms with Gasteiger partial charge in [0.1, 0.15) is 0 Å². The summed E-state index contributed by atoms with van der Waals surface area (Å²) in [5.74, 6) is -0.0863. The van der Waals surface area contributed by atoms with E-state index in [0.29, 0.717) is 22.0 Å². The molecule has 0 spiro atoms. The minimum atomic E-state index is -0.333. The Balaban J connectivity index is 2.29. The normalized spacial score (nSPS) is 12.2. The second-order valence-corrected chi connectivity index (χ2v) is 5.47. The molecule has 1 N–H and O–H groups in total. The Kier molecular flexibility index (Phi) is 5.45. The van der Waals surface area contributed by atoms with Gasteiger partial charge in [-0.2, -0.15) is 0 Å². The summed E-state index contributed by atoms with van der Waals surface area (Å²) in [6.45, 7) is 0. The zero-order valence-electron chi connectivity index (χ0n) is 11.8. The van der Waals surface area contributed by atoms with Gasteiger partial charge in [-0.25, -0.2) is 4.39 Å². The van der Waals surface area contributed by atoms with Crippen LogP contribution in [-0.4, -0.2) is 14.2 Å². The molecule has 2 rings (SSSR count). The topological polar surface area (TPSA) is 21.3 Å². The highest BCUT2D eigenvalue weighted by atomic mass is 35.5. The first-order valence-corrected chi connectivity index (χ1v) is 7.26. The number of hydrogen-bond acceptors (Lipinski definition) is 2. The molecule has 0 amide bonds. The van der Waals surface area contributed by atoms with Gasteiger partial charge in [0, 0.05) is 6.04 Å². The third kappa shape index (κ3) is 3.67. The Morgan fingerprint density at radius 3 is 2.57 bits per heavy atom. The molecule has 0 aliphatic heterocycles. The number of nitrogens with one attached hydrogen (secondary N) is 1. The average molecular weight is 328 g/mol. The molecule has 1 atom stereocenters. The molecule has 1 unspecified atom stereocenters. The molecule has 0 radical (unpaired) electrons. The molecule has 0 saturated carbocycles. The van der Waals surface area contributed by atoms with Crippen molar-refractivity contribution >= 4 is 23.2 Å². The highest BCUT2D eigenvalue weighted by molar-refractivity contribution is 6.42. The predicted molar refractivity (Wildman–Crippen MR) is 84.9 cm³/mol. The molecule has 0 bridgehead atoms. The van der Waals surface area contributed by atoms with Gasteiger partial charge in [0.05, 0.1) is 17.2 Å². The molecule has 0 aromatic heterocycles. The maximum Gasteiger partial charge on any atom is 0.168 e. The maximum atomic E-state index is 14.2. The summed E-state index contributed by atoms with van der Waals surface area (Å²) >= 11 is 12.0. The van der Waals surface area contributed by atoms with E-state index in [-0.39, 0.29) is 17.6 Å². The molecule has 112 valence electrons. The summed E-state index contributed by atoms with van der Waals surface area (Å²) in [6.07, 6.45) is 0.484. The molecule has 0 saturated heterocycles. The van der Waals surface area contributed by atoms with Gasteiger partial charge in [0.25, 0.3) is 0 Å². The van der Waals surface area contributed by atoms with Crippen LogP contribution in [0.5, 0.6) is 5.75 Å². The number of hydrogen-bond donors (Lipinski definition) is 1.